The molecule has 0 spiro atoms. The van der Waals surface area contributed by atoms with E-state index in [1.54, 1.807) is 4.90 Å². The van der Waals surface area contributed by atoms with Crippen LogP contribution in [0.1, 0.15) is 17.5 Å². The molecule has 0 radical (unpaired) electrons. The Morgan fingerprint density at radius 2 is 1.93 bits per heavy atom. The number of benzene rings is 2. The highest BCUT2D eigenvalue weighted by Crippen LogP contribution is 2.26. The molecule has 1 N–H and O–H groups in total. The largest absolute Gasteiger partial charge is 0.338 e. The third-order valence-electron chi connectivity index (χ3n) is 4.88. The van der Waals surface area contributed by atoms with Crippen LogP contribution < -0.4 is 5.32 Å². The zero-order chi connectivity index (χ0) is 19.5. The van der Waals surface area contributed by atoms with E-state index < -0.39 is 0 Å². The monoisotopic (exact) mass is 391 g/mol. The second-order valence-corrected chi connectivity index (χ2v) is 7.91. The van der Waals surface area contributed by atoms with Crippen LogP contribution in [-0.2, 0) is 16.1 Å². The van der Waals surface area contributed by atoms with Crippen molar-refractivity contribution in [1.29, 1.82) is 0 Å². The first-order valence-corrected chi connectivity index (χ1v) is 10.1. The number of rotatable bonds is 5. The number of amides is 2. The summed E-state index contributed by atoms with van der Waals surface area (Å²) in [5.74, 6) is -0.472. The maximum absolute atomic E-state index is 12.6. The number of hydrogen-bond acceptors (Lipinski definition) is 4. The predicted octanol–water partition coefficient (Wildman–Crippen LogP) is 4.11. The predicted molar refractivity (Wildman–Crippen MR) is 111 cm³/mol. The molecule has 142 valence electrons. The fraction of sp³-hybridized carbons (Fsp3) is 0.227. The molecule has 1 atom stereocenters. The summed E-state index contributed by atoms with van der Waals surface area (Å²) in [6.07, 6.45) is 0.245. The zero-order valence-electron chi connectivity index (χ0n) is 15.6. The van der Waals surface area contributed by atoms with Gasteiger partial charge in [0.2, 0.25) is 11.8 Å². The van der Waals surface area contributed by atoms with Crippen molar-refractivity contribution in [3.8, 4) is 11.3 Å². The molecule has 1 aliphatic heterocycles. The highest BCUT2D eigenvalue weighted by atomic mass is 32.1. The number of thiazole rings is 1. The number of likely N-dealkylation sites (tertiary alicyclic amines) is 1. The average Bonchev–Trinajstić information content (AvgIpc) is 3.31. The maximum atomic E-state index is 12.6. The maximum Gasteiger partial charge on any atom is 0.231 e. The van der Waals surface area contributed by atoms with E-state index in [4.69, 9.17) is 0 Å². The number of aryl methyl sites for hydroxylation is 1. The lowest BCUT2D eigenvalue weighted by Crippen LogP contribution is -2.28. The summed E-state index contributed by atoms with van der Waals surface area (Å²) in [4.78, 5) is 31.2. The molecule has 28 heavy (non-hydrogen) atoms. The van der Waals surface area contributed by atoms with Gasteiger partial charge in [-0.3, -0.25) is 9.59 Å². The minimum atomic E-state index is -0.345. The van der Waals surface area contributed by atoms with Gasteiger partial charge in [-0.2, -0.15) is 0 Å². The van der Waals surface area contributed by atoms with Crippen molar-refractivity contribution >= 4 is 28.3 Å². The molecule has 3 aromatic rings. The summed E-state index contributed by atoms with van der Waals surface area (Å²) in [5.41, 5.74) is 4.11. The lowest BCUT2D eigenvalue weighted by atomic mass is 10.1. The van der Waals surface area contributed by atoms with Crippen LogP contribution in [0.4, 0.5) is 5.13 Å². The molecule has 2 amide bonds. The molecule has 1 aliphatic rings. The summed E-state index contributed by atoms with van der Waals surface area (Å²) in [6.45, 7) is 3.01. The number of carbonyl (C=O) groups excluding carboxylic acids is 2. The molecule has 1 fully saturated rings. The van der Waals surface area contributed by atoms with Crippen molar-refractivity contribution in [3.05, 3.63) is 71.1 Å². The second kappa shape index (κ2) is 7.94. The van der Waals surface area contributed by atoms with Crippen LogP contribution in [-0.4, -0.2) is 28.2 Å². The van der Waals surface area contributed by atoms with Crippen LogP contribution >= 0.6 is 11.3 Å². The Hall–Kier alpha value is -2.99. The minimum Gasteiger partial charge on any atom is -0.338 e. The van der Waals surface area contributed by atoms with Crippen LogP contribution in [0.3, 0.4) is 0 Å². The Balaban J connectivity index is 1.37. The minimum absolute atomic E-state index is 0.0184. The van der Waals surface area contributed by atoms with Gasteiger partial charge in [0.05, 0.1) is 11.6 Å². The van der Waals surface area contributed by atoms with Crippen LogP contribution in [0, 0.1) is 12.8 Å². The zero-order valence-corrected chi connectivity index (χ0v) is 16.4. The Labute approximate surface area is 168 Å². The van der Waals surface area contributed by atoms with Gasteiger partial charge >= 0.3 is 0 Å². The molecule has 1 saturated heterocycles. The van der Waals surface area contributed by atoms with Gasteiger partial charge in [-0.15, -0.1) is 11.3 Å². The summed E-state index contributed by atoms with van der Waals surface area (Å²) in [7, 11) is 0. The van der Waals surface area contributed by atoms with Crippen LogP contribution in [0.5, 0.6) is 0 Å². The normalized spacial score (nSPS) is 16.4. The van der Waals surface area contributed by atoms with E-state index in [1.807, 2.05) is 66.9 Å². The van der Waals surface area contributed by atoms with Gasteiger partial charge in [0.1, 0.15) is 0 Å². The molecule has 2 aromatic carbocycles. The van der Waals surface area contributed by atoms with E-state index in [1.165, 1.54) is 16.9 Å². The Morgan fingerprint density at radius 3 is 2.68 bits per heavy atom. The van der Waals surface area contributed by atoms with Gasteiger partial charge in [-0.1, -0.05) is 60.2 Å². The van der Waals surface area contributed by atoms with E-state index >= 15 is 0 Å². The molecule has 6 heteroatoms. The number of nitrogens with zero attached hydrogens (tertiary/aromatic N) is 2. The van der Waals surface area contributed by atoms with Crippen LogP contribution in [0.15, 0.2) is 60.0 Å². The molecule has 1 unspecified atom stereocenters. The lowest BCUT2D eigenvalue weighted by Gasteiger charge is -2.16. The summed E-state index contributed by atoms with van der Waals surface area (Å²) in [5, 5.41) is 5.36. The second-order valence-electron chi connectivity index (χ2n) is 7.05. The molecular formula is C22H21N3O2S. The third kappa shape index (κ3) is 4.12. The molecule has 1 aromatic heterocycles. The van der Waals surface area contributed by atoms with E-state index in [2.05, 4.69) is 10.3 Å². The van der Waals surface area contributed by atoms with Gasteiger partial charge in [-0.05, 0) is 12.5 Å². The smallest absolute Gasteiger partial charge is 0.231 e. The Morgan fingerprint density at radius 1 is 1.18 bits per heavy atom. The molecule has 0 aliphatic carbocycles. The topological polar surface area (TPSA) is 62.3 Å². The van der Waals surface area contributed by atoms with E-state index in [0.717, 1.165) is 16.8 Å². The van der Waals surface area contributed by atoms with Gasteiger partial charge in [0.15, 0.2) is 5.13 Å². The highest BCUT2D eigenvalue weighted by molar-refractivity contribution is 7.14. The quantitative estimate of drug-likeness (QED) is 0.712. The first kappa shape index (κ1) is 18.4. The molecular weight excluding hydrogens is 370 g/mol. The van der Waals surface area contributed by atoms with Crippen molar-refractivity contribution < 1.29 is 9.59 Å². The fourth-order valence-corrected chi connectivity index (χ4v) is 4.02. The summed E-state index contributed by atoms with van der Waals surface area (Å²) in [6, 6.07) is 18.0. The van der Waals surface area contributed by atoms with Crippen molar-refractivity contribution in [2.45, 2.75) is 19.9 Å². The molecule has 0 bridgehead atoms. The average molecular weight is 391 g/mol. The first-order chi connectivity index (χ1) is 13.6. The summed E-state index contributed by atoms with van der Waals surface area (Å²) < 4.78 is 0. The highest BCUT2D eigenvalue weighted by Gasteiger charge is 2.34. The number of anilines is 1. The molecule has 4 rings (SSSR count). The Kier molecular flexibility index (Phi) is 5.21. The third-order valence-corrected chi connectivity index (χ3v) is 5.64. The van der Waals surface area contributed by atoms with Crippen molar-refractivity contribution in [3.63, 3.8) is 0 Å². The van der Waals surface area contributed by atoms with E-state index in [0.29, 0.717) is 18.2 Å². The van der Waals surface area contributed by atoms with Gasteiger partial charge in [0.25, 0.3) is 0 Å². The molecule has 2 heterocycles. The Bertz CT molecular complexity index is 983. The van der Waals surface area contributed by atoms with Crippen LogP contribution in [0.2, 0.25) is 0 Å². The van der Waals surface area contributed by atoms with Crippen molar-refractivity contribution in [2.24, 2.45) is 5.92 Å². The molecule has 0 saturated carbocycles. The van der Waals surface area contributed by atoms with E-state index in [9.17, 15) is 9.59 Å². The van der Waals surface area contributed by atoms with E-state index in [-0.39, 0.29) is 24.2 Å². The van der Waals surface area contributed by atoms with Gasteiger partial charge < -0.3 is 10.2 Å². The molecule has 5 nitrogen and oxygen atoms in total. The standard InChI is InChI=1S/C22H21N3O2S/c1-15-7-9-16(10-8-15)12-25-13-18(11-20(25)26)21(27)24-22-23-19(14-28-22)17-5-3-2-4-6-17/h2-10,14,18H,11-13H2,1H3,(H,23,24,27). The van der Waals surface area contributed by atoms with Crippen molar-refractivity contribution in [1.82, 2.24) is 9.88 Å². The fourth-order valence-electron chi connectivity index (χ4n) is 3.29. The van der Waals surface area contributed by atoms with Gasteiger partial charge in [-0.25, -0.2) is 4.98 Å². The number of hydrogen-bond donors (Lipinski definition) is 1. The SMILES string of the molecule is Cc1ccc(CN2CC(C(=O)Nc3nc(-c4ccccc4)cs3)CC2=O)cc1. The first-order valence-electron chi connectivity index (χ1n) is 9.23. The van der Waals surface area contributed by atoms with Gasteiger partial charge in [0, 0.05) is 30.5 Å². The lowest BCUT2D eigenvalue weighted by molar-refractivity contribution is -0.128. The van der Waals surface area contributed by atoms with Crippen molar-refractivity contribution in [2.75, 3.05) is 11.9 Å². The number of nitrogens with one attached hydrogen (secondary N) is 1. The number of aromatic nitrogens is 1. The number of carbonyl (C=O) groups is 2. The van der Waals surface area contributed by atoms with Crippen LogP contribution in [0.25, 0.3) is 11.3 Å². The summed E-state index contributed by atoms with van der Waals surface area (Å²) >= 11 is 1.40.